The van der Waals surface area contributed by atoms with Gasteiger partial charge in [-0.15, -0.1) is 0 Å². The Morgan fingerprint density at radius 2 is 2.09 bits per heavy atom. The molecule has 9 nitrogen and oxygen atoms in total. The van der Waals surface area contributed by atoms with Crippen molar-refractivity contribution in [3.63, 3.8) is 0 Å². The fraction of sp³-hybridized carbons (Fsp3) is 0.667. The highest BCUT2D eigenvalue weighted by atomic mass is 32.2. The number of rotatable bonds is 8. The minimum atomic E-state index is -3.65. The molecule has 2 rings (SSSR count). The third-order valence-corrected chi connectivity index (χ3v) is 5.05. The molecule has 3 N–H and O–H groups in total. The Morgan fingerprint density at radius 1 is 1.45 bits per heavy atom. The van der Waals surface area contributed by atoms with Gasteiger partial charge in [0.25, 0.3) is 10.0 Å². The molecule has 0 aromatic carbocycles. The average Bonchev–Trinajstić information content (AvgIpc) is 2.91. The summed E-state index contributed by atoms with van der Waals surface area (Å²) in [4.78, 5) is 12.1. The molecule has 1 fully saturated rings. The number of carboxylic acid groups (broad SMARTS) is 1. The van der Waals surface area contributed by atoms with Crippen molar-refractivity contribution < 1.29 is 18.3 Å². The molecule has 10 heteroatoms. The molecule has 22 heavy (non-hydrogen) atoms. The number of carbonyl (C=O) groups is 1. The normalized spacial score (nSPS) is 19.0. The number of hydrogen-bond acceptors (Lipinski definition) is 6. The molecular formula is C12H19N5O4S. The van der Waals surface area contributed by atoms with Gasteiger partial charge >= 0.3 is 5.97 Å². The lowest BCUT2D eigenvalue weighted by Gasteiger charge is -2.40. The molecule has 0 saturated heterocycles. The zero-order valence-corrected chi connectivity index (χ0v) is 12.8. The summed E-state index contributed by atoms with van der Waals surface area (Å²) >= 11 is 0. The molecule has 1 aliphatic rings. The first-order valence-corrected chi connectivity index (χ1v) is 8.57. The summed E-state index contributed by atoms with van der Waals surface area (Å²) in [5.74, 6) is -1.32. The molecule has 0 spiro atoms. The van der Waals surface area contributed by atoms with Gasteiger partial charge in [0.15, 0.2) is 0 Å². The Bertz CT molecular complexity index is 636. The highest BCUT2D eigenvalue weighted by molar-refractivity contribution is 7.90. The van der Waals surface area contributed by atoms with Crippen LogP contribution in [-0.2, 0) is 20.4 Å². The maximum Gasteiger partial charge on any atom is 0.320 e. The first-order chi connectivity index (χ1) is 10.3. The van der Waals surface area contributed by atoms with Gasteiger partial charge in [0.2, 0.25) is 0 Å². The number of carboxylic acids is 1. The lowest BCUT2D eigenvalue weighted by atomic mass is 9.75. The summed E-state index contributed by atoms with van der Waals surface area (Å²) in [7, 11) is -3.65. The lowest BCUT2D eigenvalue weighted by molar-refractivity contribution is -0.138. The van der Waals surface area contributed by atoms with E-state index in [1.165, 1.54) is 0 Å². The fourth-order valence-corrected chi connectivity index (χ4v) is 3.39. The Hall–Kier alpha value is -1.81. The van der Waals surface area contributed by atoms with Crippen molar-refractivity contribution >= 4 is 22.2 Å². The van der Waals surface area contributed by atoms with Crippen LogP contribution in [0.15, 0.2) is 16.8 Å². The molecule has 0 amide bonds. The largest absolute Gasteiger partial charge is 0.480 e. The van der Waals surface area contributed by atoms with Gasteiger partial charge in [-0.25, -0.2) is 8.42 Å². The second kappa shape index (κ2) is 6.53. The summed E-state index contributed by atoms with van der Waals surface area (Å²) in [6, 6.07) is -1.15. The summed E-state index contributed by atoms with van der Waals surface area (Å²) in [5, 5.41) is 16.8. The number of sulfonamides is 1. The van der Waals surface area contributed by atoms with Crippen LogP contribution < -0.4 is 5.73 Å². The van der Waals surface area contributed by atoms with Crippen LogP contribution in [0.25, 0.3) is 0 Å². The Morgan fingerprint density at radius 3 is 2.59 bits per heavy atom. The summed E-state index contributed by atoms with van der Waals surface area (Å²) < 4.78 is 27.3. The molecule has 1 aromatic rings. The van der Waals surface area contributed by atoms with Crippen LogP contribution in [0.3, 0.4) is 0 Å². The number of aromatic nitrogens is 3. The van der Waals surface area contributed by atoms with E-state index in [1.807, 2.05) is 0 Å². The van der Waals surface area contributed by atoms with Gasteiger partial charge in [-0.3, -0.25) is 4.79 Å². The Kier molecular flexibility index (Phi) is 4.91. The monoisotopic (exact) mass is 329 g/mol. The van der Waals surface area contributed by atoms with Crippen molar-refractivity contribution in [1.29, 1.82) is 0 Å². The predicted octanol–water partition coefficient (Wildman–Crippen LogP) is -0.250. The third kappa shape index (κ3) is 3.89. The minimum Gasteiger partial charge on any atom is -0.480 e. The van der Waals surface area contributed by atoms with Gasteiger partial charge in [-0.05, 0) is 25.7 Å². The van der Waals surface area contributed by atoms with Gasteiger partial charge < -0.3 is 10.8 Å². The summed E-state index contributed by atoms with van der Waals surface area (Å²) in [5.41, 5.74) is 4.93. The zero-order chi connectivity index (χ0) is 16.2. The maximum atomic E-state index is 11.9. The van der Waals surface area contributed by atoms with Gasteiger partial charge in [-0.1, -0.05) is 0 Å². The molecule has 1 aliphatic carbocycles. The zero-order valence-electron chi connectivity index (χ0n) is 12.0. The van der Waals surface area contributed by atoms with Crippen molar-refractivity contribution in [2.45, 2.75) is 43.7 Å². The van der Waals surface area contributed by atoms with E-state index in [9.17, 15) is 13.2 Å². The Balaban J connectivity index is 1.92. The average molecular weight is 329 g/mol. The van der Waals surface area contributed by atoms with Crippen molar-refractivity contribution in [2.24, 2.45) is 10.1 Å². The van der Waals surface area contributed by atoms with Crippen molar-refractivity contribution in [1.82, 2.24) is 15.0 Å². The van der Waals surface area contributed by atoms with E-state index >= 15 is 0 Å². The van der Waals surface area contributed by atoms with Gasteiger partial charge in [-0.2, -0.15) is 19.4 Å². The highest BCUT2D eigenvalue weighted by Gasteiger charge is 2.41. The molecular weight excluding hydrogens is 310 g/mol. The van der Waals surface area contributed by atoms with Gasteiger partial charge in [0, 0.05) is 12.6 Å². The number of hydrogen-bond donors (Lipinski definition) is 2. The Labute approximate surface area is 128 Å². The molecule has 0 aliphatic heterocycles. The SMILES string of the molecule is N[C@@H](CC=NS(=O)(=O)CCC1(n2nccn2)CCC1)C(=O)O. The second-order valence-electron chi connectivity index (χ2n) is 5.40. The van der Waals surface area contributed by atoms with Crippen LogP contribution in [0.2, 0.25) is 0 Å². The number of nitrogens with two attached hydrogens (primary N) is 1. The van der Waals surface area contributed by atoms with Crippen molar-refractivity contribution in [3.8, 4) is 0 Å². The first kappa shape index (κ1) is 16.6. The lowest BCUT2D eigenvalue weighted by Crippen LogP contribution is -2.43. The molecule has 0 unspecified atom stereocenters. The quantitative estimate of drug-likeness (QED) is 0.626. The number of aliphatic carboxylic acids is 1. The van der Waals surface area contributed by atoms with E-state index in [2.05, 4.69) is 14.6 Å². The first-order valence-electron chi connectivity index (χ1n) is 6.96. The van der Waals surface area contributed by atoms with Crippen LogP contribution in [-0.4, -0.2) is 52.5 Å². The molecule has 0 radical (unpaired) electrons. The van der Waals surface area contributed by atoms with E-state index in [1.54, 1.807) is 17.2 Å². The summed E-state index contributed by atoms with van der Waals surface area (Å²) in [6.07, 6.45) is 7.13. The van der Waals surface area contributed by atoms with Crippen molar-refractivity contribution in [3.05, 3.63) is 12.4 Å². The van der Waals surface area contributed by atoms with Crippen LogP contribution in [0.1, 0.15) is 32.1 Å². The van der Waals surface area contributed by atoms with Crippen LogP contribution in [0.5, 0.6) is 0 Å². The van der Waals surface area contributed by atoms with Crippen LogP contribution >= 0.6 is 0 Å². The second-order valence-corrected chi connectivity index (χ2v) is 7.18. The minimum absolute atomic E-state index is 0.125. The predicted molar refractivity (Wildman–Crippen MR) is 79.0 cm³/mol. The van der Waals surface area contributed by atoms with Crippen LogP contribution in [0.4, 0.5) is 0 Å². The highest BCUT2D eigenvalue weighted by Crippen LogP contribution is 2.41. The molecule has 0 bridgehead atoms. The molecule has 1 atom stereocenters. The fourth-order valence-electron chi connectivity index (χ4n) is 2.34. The molecule has 122 valence electrons. The van der Waals surface area contributed by atoms with Crippen molar-refractivity contribution in [2.75, 3.05) is 5.75 Å². The maximum absolute atomic E-state index is 11.9. The molecule has 1 aromatic heterocycles. The molecule has 1 heterocycles. The van der Waals surface area contributed by atoms with Crippen LogP contribution in [0, 0.1) is 0 Å². The topological polar surface area (TPSA) is 141 Å². The molecule has 1 saturated carbocycles. The van der Waals surface area contributed by atoms with E-state index in [0.717, 1.165) is 25.5 Å². The van der Waals surface area contributed by atoms with Gasteiger partial charge in [0.1, 0.15) is 6.04 Å². The van der Waals surface area contributed by atoms with E-state index < -0.39 is 22.0 Å². The third-order valence-electron chi connectivity index (χ3n) is 3.86. The van der Waals surface area contributed by atoms with E-state index in [0.29, 0.717) is 6.42 Å². The number of nitrogens with zero attached hydrogens (tertiary/aromatic N) is 4. The smallest absolute Gasteiger partial charge is 0.320 e. The van der Waals surface area contributed by atoms with E-state index in [4.69, 9.17) is 10.8 Å². The standard InChI is InChI=1S/C12H19N5O4S/c13-10(11(18)19)2-6-16-22(20,21)9-5-12(3-1-4-12)17-14-7-8-15-17/h6-8,10H,1-5,9,13H2,(H,18,19)/t10-/m0/s1. The van der Waals surface area contributed by atoms with Gasteiger partial charge in [0.05, 0.1) is 23.7 Å². The summed E-state index contributed by atoms with van der Waals surface area (Å²) in [6.45, 7) is 0. The van der Waals surface area contributed by atoms with E-state index in [-0.39, 0.29) is 17.7 Å².